The summed E-state index contributed by atoms with van der Waals surface area (Å²) in [6.45, 7) is 3.85. The summed E-state index contributed by atoms with van der Waals surface area (Å²) in [5.74, 6) is 0.590. The molecule has 1 aliphatic carbocycles. The van der Waals surface area contributed by atoms with Crippen molar-refractivity contribution < 1.29 is 14.3 Å². The van der Waals surface area contributed by atoms with Crippen molar-refractivity contribution in [1.29, 1.82) is 0 Å². The van der Waals surface area contributed by atoms with Gasteiger partial charge in [0.25, 0.3) is 0 Å². The number of ether oxygens (including phenoxy) is 1. The standard InChI is InChI=1S/C17H26N4O4/c1-3-25-15(23)10-14(22)11-20-8-6-12(7-9-20)16-18-19(2)17(24)21(16)13-4-5-13/h12-13H,3-11H2,1-2H3. The van der Waals surface area contributed by atoms with Crippen molar-refractivity contribution in [1.82, 2.24) is 19.2 Å². The van der Waals surface area contributed by atoms with Crippen molar-refractivity contribution >= 4 is 11.8 Å². The highest BCUT2D eigenvalue weighted by Gasteiger charge is 2.33. The maximum absolute atomic E-state index is 12.2. The van der Waals surface area contributed by atoms with Gasteiger partial charge in [0.2, 0.25) is 0 Å². The smallest absolute Gasteiger partial charge is 0.345 e. The fourth-order valence-electron chi connectivity index (χ4n) is 3.48. The fraction of sp³-hybridized carbons (Fsp3) is 0.765. The molecule has 8 heteroatoms. The Morgan fingerprint density at radius 1 is 1.20 bits per heavy atom. The molecule has 1 saturated carbocycles. The third kappa shape index (κ3) is 4.18. The number of Topliss-reactive ketones (excluding diaryl/α,β-unsaturated/α-hetero) is 1. The molecule has 8 nitrogen and oxygen atoms in total. The molecule has 2 aliphatic rings. The van der Waals surface area contributed by atoms with Crippen LogP contribution in [0.4, 0.5) is 0 Å². The topological polar surface area (TPSA) is 86.4 Å². The summed E-state index contributed by atoms with van der Waals surface area (Å²) in [7, 11) is 1.70. The summed E-state index contributed by atoms with van der Waals surface area (Å²) >= 11 is 0. The van der Waals surface area contributed by atoms with Crippen LogP contribution in [-0.4, -0.2) is 57.2 Å². The maximum atomic E-state index is 12.2. The van der Waals surface area contributed by atoms with Gasteiger partial charge in [-0.05, 0) is 45.7 Å². The Labute approximate surface area is 146 Å². The first-order valence-corrected chi connectivity index (χ1v) is 9.04. The first-order valence-electron chi connectivity index (χ1n) is 9.04. The van der Waals surface area contributed by atoms with E-state index in [0.29, 0.717) is 12.6 Å². The summed E-state index contributed by atoms with van der Waals surface area (Å²) in [4.78, 5) is 37.6. The quantitative estimate of drug-likeness (QED) is 0.529. The van der Waals surface area contributed by atoms with Crippen LogP contribution >= 0.6 is 0 Å². The summed E-state index contributed by atoms with van der Waals surface area (Å²) in [6, 6.07) is 0.320. The predicted molar refractivity (Wildman–Crippen MR) is 90.4 cm³/mol. The molecule has 25 heavy (non-hydrogen) atoms. The highest BCUT2D eigenvalue weighted by molar-refractivity contribution is 5.96. The van der Waals surface area contributed by atoms with Gasteiger partial charge in [-0.25, -0.2) is 9.48 Å². The highest BCUT2D eigenvalue weighted by Crippen LogP contribution is 2.37. The number of likely N-dealkylation sites (tertiary alicyclic amines) is 1. The van der Waals surface area contributed by atoms with Crippen LogP contribution in [0.1, 0.15) is 56.8 Å². The van der Waals surface area contributed by atoms with E-state index in [9.17, 15) is 14.4 Å². The van der Waals surface area contributed by atoms with Crippen LogP contribution < -0.4 is 5.69 Å². The van der Waals surface area contributed by atoms with Crippen molar-refractivity contribution in [3.05, 3.63) is 16.3 Å². The van der Waals surface area contributed by atoms with Crippen LogP contribution in [0, 0.1) is 0 Å². The average molecular weight is 350 g/mol. The molecule has 1 aromatic rings. The van der Waals surface area contributed by atoms with E-state index in [1.165, 1.54) is 4.68 Å². The number of piperidine rings is 1. The Kier molecular flexibility index (Phi) is 5.36. The van der Waals surface area contributed by atoms with Gasteiger partial charge in [0, 0.05) is 19.0 Å². The molecule has 1 aromatic heterocycles. The second-order valence-corrected chi connectivity index (χ2v) is 6.94. The maximum Gasteiger partial charge on any atom is 0.345 e. The van der Waals surface area contributed by atoms with E-state index in [1.807, 2.05) is 4.57 Å². The number of hydrogen-bond donors (Lipinski definition) is 0. The largest absolute Gasteiger partial charge is 0.466 e. The lowest BCUT2D eigenvalue weighted by molar-refractivity contribution is -0.145. The average Bonchev–Trinajstić information content (AvgIpc) is 3.35. The SMILES string of the molecule is CCOC(=O)CC(=O)CN1CCC(c2nn(C)c(=O)n2C2CC2)CC1. The zero-order valence-corrected chi connectivity index (χ0v) is 14.9. The van der Waals surface area contributed by atoms with Crippen LogP contribution in [0.25, 0.3) is 0 Å². The summed E-state index contributed by atoms with van der Waals surface area (Å²) in [5.41, 5.74) is -0.0236. The lowest BCUT2D eigenvalue weighted by Gasteiger charge is -2.30. The molecule has 0 unspecified atom stereocenters. The molecule has 2 heterocycles. The minimum atomic E-state index is -0.454. The Morgan fingerprint density at radius 2 is 1.88 bits per heavy atom. The van der Waals surface area contributed by atoms with Crippen molar-refractivity contribution in [3.63, 3.8) is 0 Å². The van der Waals surface area contributed by atoms with Crippen LogP contribution in [0.15, 0.2) is 4.79 Å². The van der Waals surface area contributed by atoms with Crippen molar-refractivity contribution in [3.8, 4) is 0 Å². The third-order valence-corrected chi connectivity index (χ3v) is 4.89. The number of carbonyl (C=O) groups excluding carboxylic acids is 2. The molecule has 0 N–H and O–H groups in total. The molecular formula is C17H26N4O4. The van der Waals surface area contributed by atoms with Crippen molar-refractivity contribution in [2.24, 2.45) is 7.05 Å². The van der Waals surface area contributed by atoms with E-state index in [4.69, 9.17) is 4.74 Å². The second-order valence-electron chi connectivity index (χ2n) is 6.94. The van der Waals surface area contributed by atoms with Gasteiger partial charge in [0.15, 0.2) is 5.78 Å². The highest BCUT2D eigenvalue weighted by atomic mass is 16.5. The van der Waals surface area contributed by atoms with E-state index >= 15 is 0 Å². The van der Waals surface area contributed by atoms with Crippen LogP contribution in [0.2, 0.25) is 0 Å². The summed E-state index contributed by atoms with van der Waals surface area (Å²) in [6.07, 6.45) is 3.70. The van der Waals surface area contributed by atoms with Gasteiger partial charge in [0.1, 0.15) is 12.2 Å². The van der Waals surface area contributed by atoms with Crippen molar-refractivity contribution in [2.45, 2.75) is 51.0 Å². The fourth-order valence-corrected chi connectivity index (χ4v) is 3.48. The molecule has 1 aliphatic heterocycles. The van der Waals surface area contributed by atoms with Gasteiger partial charge in [-0.15, -0.1) is 0 Å². The first-order chi connectivity index (χ1) is 12.0. The number of esters is 1. The molecule has 3 rings (SSSR count). The second kappa shape index (κ2) is 7.51. The molecule has 0 spiro atoms. The summed E-state index contributed by atoms with van der Waals surface area (Å²) in [5, 5.41) is 4.46. The van der Waals surface area contributed by atoms with E-state index in [1.54, 1.807) is 14.0 Å². The minimum Gasteiger partial charge on any atom is -0.466 e. The van der Waals surface area contributed by atoms with Crippen LogP contribution in [-0.2, 0) is 21.4 Å². The number of rotatable bonds is 7. The molecule has 0 radical (unpaired) electrons. The molecule has 1 saturated heterocycles. The van der Waals surface area contributed by atoms with Gasteiger partial charge in [-0.1, -0.05) is 0 Å². The normalized spacial score (nSPS) is 19.1. The number of aromatic nitrogens is 3. The molecule has 0 bridgehead atoms. The minimum absolute atomic E-state index is 0.0236. The number of aryl methyl sites for hydroxylation is 1. The molecule has 0 atom stereocenters. The van der Waals surface area contributed by atoms with Gasteiger partial charge in [-0.2, -0.15) is 5.10 Å². The number of ketones is 1. The lowest BCUT2D eigenvalue weighted by Crippen LogP contribution is -2.38. The predicted octanol–water partition coefficient (Wildman–Crippen LogP) is 0.618. The number of carbonyl (C=O) groups is 2. The van der Waals surface area contributed by atoms with Gasteiger partial charge < -0.3 is 4.74 Å². The molecular weight excluding hydrogens is 324 g/mol. The Balaban J connectivity index is 1.54. The Morgan fingerprint density at radius 3 is 2.48 bits per heavy atom. The number of hydrogen-bond acceptors (Lipinski definition) is 6. The Bertz CT molecular complexity index is 696. The van der Waals surface area contributed by atoms with Gasteiger partial charge in [-0.3, -0.25) is 19.1 Å². The van der Waals surface area contributed by atoms with Crippen LogP contribution in [0.5, 0.6) is 0 Å². The number of nitrogens with zero attached hydrogens (tertiary/aromatic N) is 4. The zero-order chi connectivity index (χ0) is 18.0. The third-order valence-electron chi connectivity index (χ3n) is 4.89. The Hall–Kier alpha value is -1.96. The first kappa shape index (κ1) is 17.8. The zero-order valence-electron chi connectivity index (χ0n) is 14.9. The monoisotopic (exact) mass is 350 g/mol. The molecule has 0 amide bonds. The van der Waals surface area contributed by atoms with E-state index in [0.717, 1.165) is 44.6 Å². The molecule has 2 fully saturated rings. The van der Waals surface area contributed by atoms with E-state index in [2.05, 4.69) is 10.00 Å². The van der Waals surface area contributed by atoms with E-state index in [-0.39, 0.29) is 30.4 Å². The lowest BCUT2D eigenvalue weighted by atomic mass is 9.95. The van der Waals surface area contributed by atoms with Crippen LogP contribution in [0.3, 0.4) is 0 Å². The van der Waals surface area contributed by atoms with Gasteiger partial charge >= 0.3 is 11.7 Å². The van der Waals surface area contributed by atoms with Crippen molar-refractivity contribution in [2.75, 3.05) is 26.2 Å². The van der Waals surface area contributed by atoms with Gasteiger partial charge in [0.05, 0.1) is 13.2 Å². The molecule has 138 valence electrons. The summed E-state index contributed by atoms with van der Waals surface area (Å²) < 4.78 is 8.11. The molecule has 0 aromatic carbocycles. The van der Waals surface area contributed by atoms with E-state index < -0.39 is 5.97 Å².